The molecule has 0 aromatic rings. The van der Waals surface area contributed by atoms with Crippen molar-refractivity contribution >= 4 is 10.1 Å². The molecule has 2 atom stereocenters. The van der Waals surface area contributed by atoms with E-state index in [0.717, 1.165) is 0 Å². The summed E-state index contributed by atoms with van der Waals surface area (Å²) in [5, 5.41) is 0. The van der Waals surface area contributed by atoms with E-state index in [1.54, 1.807) is 0 Å². The Labute approximate surface area is 85.5 Å². The first-order valence-corrected chi connectivity index (χ1v) is 5.72. The molecule has 90 valence electrons. The lowest BCUT2D eigenvalue weighted by Gasteiger charge is -2.18. The highest BCUT2D eigenvalue weighted by Crippen LogP contribution is 2.28. The van der Waals surface area contributed by atoms with Crippen LogP contribution in [0.25, 0.3) is 0 Å². The van der Waals surface area contributed by atoms with E-state index in [1.807, 2.05) is 0 Å². The molecule has 0 aromatic carbocycles. The SMILES string of the molecule is CC(OS(=O)(=O)C(F)(F)F)C1CCOC1. The molecule has 0 amide bonds. The van der Waals surface area contributed by atoms with Gasteiger partial charge in [-0.1, -0.05) is 0 Å². The van der Waals surface area contributed by atoms with Gasteiger partial charge >= 0.3 is 15.6 Å². The summed E-state index contributed by atoms with van der Waals surface area (Å²) in [5.41, 5.74) is -5.36. The van der Waals surface area contributed by atoms with Crippen LogP contribution in [0.4, 0.5) is 13.2 Å². The zero-order valence-corrected chi connectivity index (χ0v) is 8.77. The number of ether oxygens (including phenoxy) is 1. The molecule has 0 saturated carbocycles. The van der Waals surface area contributed by atoms with Crippen LogP contribution in [0.5, 0.6) is 0 Å². The molecule has 1 fully saturated rings. The van der Waals surface area contributed by atoms with Crippen molar-refractivity contribution in [1.29, 1.82) is 0 Å². The minimum Gasteiger partial charge on any atom is -0.381 e. The van der Waals surface area contributed by atoms with Crippen LogP contribution in [0.15, 0.2) is 0 Å². The first-order chi connectivity index (χ1) is 6.74. The van der Waals surface area contributed by atoms with Gasteiger partial charge in [0.2, 0.25) is 0 Å². The molecule has 1 aliphatic rings. The van der Waals surface area contributed by atoms with Crippen LogP contribution in [0.2, 0.25) is 0 Å². The quantitative estimate of drug-likeness (QED) is 0.557. The van der Waals surface area contributed by atoms with Gasteiger partial charge in [-0.2, -0.15) is 21.6 Å². The first kappa shape index (κ1) is 12.7. The van der Waals surface area contributed by atoms with E-state index >= 15 is 0 Å². The lowest BCUT2D eigenvalue weighted by Crippen LogP contribution is -2.32. The average Bonchev–Trinajstić information content (AvgIpc) is 2.51. The number of halogens is 3. The second kappa shape index (κ2) is 4.26. The predicted octanol–water partition coefficient (Wildman–Crippen LogP) is 1.28. The number of alkyl halides is 3. The van der Waals surface area contributed by atoms with Gasteiger partial charge < -0.3 is 4.74 Å². The fraction of sp³-hybridized carbons (Fsp3) is 1.00. The molecule has 1 saturated heterocycles. The zero-order valence-electron chi connectivity index (χ0n) is 7.95. The van der Waals surface area contributed by atoms with Crippen molar-refractivity contribution in [3.8, 4) is 0 Å². The summed E-state index contributed by atoms with van der Waals surface area (Å²) >= 11 is 0. The van der Waals surface area contributed by atoms with Crippen LogP contribution in [0.3, 0.4) is 0 Å². The molecule has 15 heavy (non-hydrogen) atoms. The van der Waals surface area contributed by atoms with Crippen LogP contribution < -0.4 is 0 Å². The maximum atomic E-state index is 11.9. The molecule has 0 radical (unpaired) electrons. The van der Waals surface area contributed by atoms with Crippen molar-refractivity contribution in [2.24, 2.45) is 5.92 Å². The van der Waals surface area contributed by atoms with E-state index in [9.17, 15) is 21.6 Å². The van der Waals surface area contributed by atoms with Crippen molar-refractivity contribution in [3.05, 3.63) is 0 Å². The lowest BCUT2D eigenvalue weighted by atomic mass is 10.0. The van der Waals surface area contributed by atoms with Crippen molar-refractivity contribution < 1.29 is 30.5 Å². The maximum absolute atomic E-state index is 11.9. The van der Waals surface area contributed by atoms with Crippen molar-refractivity contribution in [2.75, 3.05) is 13.2 Å². The predicted molar refractivity (Wildman–Crippen MR) is 44.4 cm³/mol. The van der Waals surface area contributed by atoms with Gasteiger partial charge in [0.15, 0.2) is 0 Å². The third-order valence-electron chi connectivity index (χ3n) is 2.19. The van der Waals surface area contributed by atoms with E-state index in [4.69, 9.17) is 4.74 Å². The average molecular weight is 248 g/mol. The standard InChI is InChI=1S/C7H11F3O4S/c1-5(6-2-3-13-4-6)14-15(11,12)7(8,9)10/h5-6H,2-4H2,1H3. The second-order valence-corrected chi connectivity index (χ2v) is 4.89. The Bertz CT molecular complexity index is 305. The van der Waals surface area contributed by atoms with Gasteiger partial charge in [0, 0.05) is 12.5 Å². The Hall–Kier alpha value is -0.340. The summed E-state index contributed by atoms with van der Waals surface area (Å²) in [6, 6.07) is 0. The normalized spacial score (nSPS) is 25.5. The highest BCUT2D eigenvalue weighted by atomic mass is 32.2. The molecular formula is C7H11F3O4S. The van der Waals surface area contributed by atoms with E-state index < -0.39 is 21.7 Å². The van der Waals surface area contributed by atoms with E-state index in [1.165, 1.54) is 6.92 Å². The summed E-state index contributed by atoms with van der Waals surface area (Å²) in [4.78, 5) is 0. The Morgan fingerprint density at radius 1 is 1.47 bits per heavy atom. The monoisotopic (exact) mass is 248 g/mol. The van der Waals surface area contributed by atoms with Crippen LogP contribution >= 0.6 is 0 Å². The number of hydrogen-bond acceptors (Lipinski definition) is 4. The van der Waals surface area contributed by atoms with Gasteiger partial charge in [0.25, 0.3) is 0 Å². The summed E-state index contributed by atoms with van der Waals surface area (Å²) in [6.45, 7) is 1.95. The summed E-state index contributed by atoms with van der Waals surface area (Å²) < 4.78 is 66.0. The molecular weight excluding hydrogens is 237 g/mol. The molecule has 0 aliphatic carbocycles. The van der Waals surface area contributed by atoms with Crippen LogP contribution in [-0.2, 0) is 19.0 Å². The van der Waals surface area contributed by atoms with Gasteiger partial charge in [0.05, 0.1) is 12.7 Å². The molecule has 4 nitrogen and oxygen atoms in total. The molecule has 1 rings (SSSR count). The van der Waals surface area contributed by atoms with Crippen LogP contribution in [0, 0.1) is 5.92 Å². The Kier molecular flexibility index (Phi) is 3.62. The fourth-order valence-electron chi connectivity index (χ4n) is 1.26. The fourth-order valence-corrected chi connectivity index (χ4v) is 1.92. The molecule has 8 heteroatoms. The minimum atomic E-state index is -5.49. The molecule has 1 heterocycles. The molecule has 0 bridgehead atoms. The summed E-state index contributed by atoms with van der Waals surface area (Å²) in [5.74, 6) is -0.304. The van der Waals surface area contributed by atoms with Gasteiger partial charge in [0.1, 0.15) is 0 Å². The Morgan fingerprint density at radius 3 is 2.47 bits per heavy atom. The summed E-state index contributed by atoms with van der Waals surface area (Å²) in [7, 11) is -5.49. The number of rotatable bonds is 3. The molecule has 0 aromatic heterocycles. The van der Waals surface area contributed by atoms with Gasteiger partial charge in [-0.05, 0) is 13.3 Å². The lowest BCUT2D eigenvalue weighted by molar-refractivity contribution is -0.0587. The van der Waals surface area contributed by atoms with Crippen LogP contribution in [0.1, 0.15) is 13.3 Å². The largest absolute Gasteiger partial charge is 0.523 e. The minimum absolute atomic E-state index is 0.231. The number of hydrogen-bond donors (Lipinski definition) is 0. The van der Waals surface area contributed by atoms with Crippen molar-refractivity contribution in [2.45, 2.75) is 25.0 Å². The molecule has 2 unspecified atom stereocenters. The van der Waals surface area contributed by atoms with Crippen molar-refractivity contribution in [1.82, 2.24) is 0 Å². The third-order valence-corrected chi connectivity index (χ3v) is 3.31. The Balaban J connectivity index is 2.61. The van der Waals surface area contributed by atoms with E-state index in [0.29, 0.717) is 13.0 Å². The second-order valence-electron chi connectivity index (χ2n) is 3.32. The smallest absolute Gasteiger partial charge is 0.381 e. The Morgan fingerprint density at radius 2 is 2.07 bits per heavy atom. The van der Waals surface area contributed by atoms with Gasteiger partial charge in [-0.3, -0.25) is 4.18 Å². The maximum Gasteiger partial charge on any atom is 0.523 e. The zero-order chi connectivity index (χ0) is 11.7. The molecule has 0 N–H and O–H groups in total. The van der Waals surface area contributed by atoms with Crippen molar-refractivity contribution in [3.63, 3.8) is 0 Å². The molecule has 1 aliphatic heterocycles. The van der Waals surface area contributed by atoms with Gasteiger partial charge in [-0.25, -0.2) is 0 Å². The highest BCUT2D eigenvalue weighted by molar-refractivity contribution is 7.87. The molecule has 0 spiro atoms. The van der Waals surface area contributed by atoms with E-state index in [-0.39, 0.29) is 12.5 Å². The van der Waals surface area contributed by atoms with Crippen LogP contribution in [-0.4, -0.2) is 33.2 Å². The van der Waals surface area contributed by atoms with E-state index in [2.05, 4.69) is 4.18 Å². The summed E-state index contributed by atoms with van der Waals surface area (Å²) in [6.07, 6.45) is -0.506. The van der Waals surface area contributed by atoms with Gasteiger partial charge in [-0.15, -0.1) is 0 Å². The topological polar surface area (TPSA) is 52.6 Å². The highest BCUT2D eigenvalue weighted by Gasteiger charge is 2.48. The first-order valence-electron chi connectivity index (χ1n) is 4.31. The third kappa shape index (κ3) is 3.05.